The first-order valence-corrected chi connectivity index (χ1v) is 10.8. The number of fused-ring (bicyclic) bond motifs is 1. The number of aryl methyl sites for hydroxylation is 1. The van der Waals surface area contributed by atoms with Crippen LogP contribution in [0.25, 0.3) is 22.1 Å². The summed E-state index contributed by atoms with van der Waals surface area (Å²) in [6, 6.07) is 20.1. The van der Waals surface area contributed by atoms with E-state index < -0.39 is 0 Å². The van der Waals surface area contributed by atoms with Gasteiger partial charge in [0.2, 0.25) is 0 Å². The Morgan fingerprint density at radius 2 is 1.88 bits per heavy atom. The lowest BCUT2D eigenvalue weighted by Crippen LogP contribution is -2.10. The number of carbonyl (C=O) groups excluding carboxylic acids is 1. The molecule has 3 aromatic carbocycles. The number of hydrogen-bond donors (Lipinski definition) is 1. The van der Waals surface area contributed by atoms with Crippen LogP contribution >= 0.6 is 0 Å². The van der Waals surface area contributed by atoms with Crippen LogP contribution in [0.15, 0.2) is 71.3 Å². The fraction of sp³-hybridized carbons (Fsp3) is 0.222. The predicted octanol–water partition coefficient (Wildman–Crippen LogP) is 5.55. The molecule has 4 aromatic rings. The van der Waals surface area contributed by atoms with E-state index >= 15 is 0 Å². The Morgan fingerprint density at radius 3 is 2.69 bits per heavy atom. The molecule has 0 unspecified atom stereocenters. The summed E-state index contributed by atoms with van der Waals surface area (Å²) in [5.41, 5.74) is 12.6. The fourth-order valence-electron chi connectivity index (χ4n) is 3.86. The maximum absolute atomic E-state index is 12.1. The van der Waals surface area contributed by atoms with Crippen LogP contribution in [-0.2, 0) is 29.1 Å². The molecule has 32 heavy (non-hydrogen) atoms. The molecule has 0 aliphatic carbocycles. The molecule has 0 aliphatic heterocycles. The topological polar surface area (TPSA) is 74.7 Å². The van der Waals surface area contributed by atoms with Crippen molar-refractivity contribution in [3.05, 3.63) is 89.2 Å². The van der Waals surface area contributed by atoms with Crippen molar-refractivity contribution < 1.29 is 18.7 Å². The average Bonchev–Trinajstić information content (AvgIpc) is 3.28. The lowest BCUT2D eigenvalue weighted by Gasteiger charge is -2.14. The van der Waals surface area contributed by atoms with Gasteiger partial charge in [0, 0.05) is 23.1 Å². The Bertz CT molecular complexity index is 1240. The lowest BCUT2D eigenvalue weighted by molar-refractivity contribution is -0.142. The van der Waals surface area contributed by atoms with Crippen LogP contribution < -0.4 is 10.5 Å². The number of ether oxygens (including phenoxy) is 2. The van der Waals surface area contributed by atoms with Crippen molar-refractivity contribution in [2.24, 2.45) is 5.73 Å². The molecule has 164 valence electrons. The van der Waals surface area contributed by atoms with Gasteiger partial charge in [0.15, 0.2) is 0 Å². The molecular formula is C27H27NO4. The number of nitrogens with two attached hydrogens (primary N) is 1. The molecule has 0 amide bonds. The van der Waals surface area contributed by atoms with Crippen molar-refractivity contribution >= 4 is 16.9 Å². The largest absolute Gasteiger partial charge is 0.489 e. The van der Waals surface area contributed by atoms with Crippen molar-refractivity contribution in [2.75, 3.05) is 6.61 Å². The summed E-state index contributed by atoms with van der Waals surface area (Å²) in [5, 5.41) is 1.01. The third-order valence-corrected chi connectivity index (χ3v) is 5.47. The summed E-state index contributed by atoms with van der Waals surface area (Å²) in [7, 11) is 0. The molecular weight excluding hydrogens is 402 g/mol. The highest BCUT2D eigenvalue weighted by molar-refractivity contribution is 5.93. The summed E-state index contributed by atoms with van der Waals surface area (Å²) >= 11 is 0. The van der Waals surface area contributed by atoms with Gasteiger partial charge in [-0.15, -0.1) is 0 Å². The molecule has 0 aliphatic rings. The van der Waals surface area contributed by atoms with Gasteiger partial charge in [-0.3, -0.25) is 4.79 Å². The van der Waals surface area contributed by atoms with E-state index in [2.05, 4.69) is 24.3 Å². The maximum Gasteiger partial charge on any atom is 0.310 e. The Labute approximate surface area is 187 Å². The van der Waals surface area contributed by atoms with Crippen LogP contribution in [0, 0.1) is 6.92 Å². The first kappa shape index (κ1) is 21.7. The molecule has 5 heteroatoms. The zero-order valence-corrected chi connectivity index (χ0v) is 18.4. The summed E-state index contributed by atoms with van der Waals surface area (Å²) in [5.74, 6) is 0.436. The summed E-state index contributed by atoms with van der Waals surface area (Å²) < 4.78 is 17.1. The minimum atomic E-state index is -0.256. The van der Waals surface area contributed by atoms with Crippen molar-refractivity contribution in [2.45, 2.75) is 33.4 Å². The number of esters is 1. The molecule has 2 N–H and O–H groups in total. The van der Waals surface area contributed by atoms with Gasteiger partial charge in [0.1, 0.15) is 17.9 Å². The minimum Gasteiger partial charge on any atom is -0.489 e. The SMILES string of the molecule is CCOC(=O)Cc1c(C)cccc1OCc1cc(-c2cccc(CN)c2)c2occc2c1. The first-order chi connectivity index (χ1) is 15.6. The van der Waals surface area contributed by atoms with E-state index in [4.69, 9.17) is 19.6 Å². The third-order valence-electron chi connectivity index (χ3n) is 5.47. The second-order valence-corrected chi connectivity index (χ2v) is 7.71. The summed E-state index contributed by atoms with van der Waals surface area (Å²) in [6.07, 6.45) is 1.89. The highest BCUT2D eigenvalue weighted by atomic mass is 16.5. The third kappa shape index (κ3) is 4.68. The van der Waals surface area contributed by atoms with E-state index in [9.17, 15) is 4.79 Å². The molecule has 0 saturated carbocycles. The Balaban J connectivity index is 1.64. The molecule has 0 saturated heterocycles. The van der Waals surface area contributed by atoms with Gasteiger partial charge in [-0.05, 0) is 66.4 Å². The van der Waals surface area contributed by atoms with Crippen molar-refractivity contribution in [1.29, 1.82) is 0 Å². The molecule has 1 heterocycles. The van der Waals surface area contributed by atoms with E-state index in [0.717, 1.165) is 44.3 Å². The monoisotopic (exact) mass is 429 g/mol. The Morgan fingerprint density at radius 1 is 1.03 bits per heavy atom. The quantitative estimate of drug-likeness (QED) is 0.372. The highest BCUT2D eigenvalue weighted by Gasteiger charge is 2.14. The molecule has 0 spiro atoms. The molecule has 0 atom stereocenters. The van der Waals surface area contributed by atoms with Crippen molar-refractivity contribution in [1.82, 2.24) is 0 Å². The number of rotatable bonds is 8. The van der Waals surface area contributed by atoms with E-state index in [1.165, 1.54) is 0 Å². The van der Waals surface area contributed by atoms with E-state index in [1.807, 2.05) is 43.3 Å². The maximum atomic E-state index is 12.1. The first-order valence-electron chi connectivity index (χ1n) is 10.8. The van der Waals surface area contributed by atoms with Crippen LogP contribution in [0.4, 0.5) is 0 Å². The van der Waals surface area contributed by atoms with Gasteiger partial charge in [0.25, 0.3) is 0 Å². The van der Waals surface area contributed by atoms with E-state index in [1.54, 1.807) is 13.2 Å². The van der Waals surface area contributed by atoms with Gasteiger partial charge >= 0.3 is 5.97 Å². The average molecular weight is 430 g/mol. The molecule has 5 nitrogen and oxygen atoms in total. The zero-order valence-electron chi connectivity index (χ0n) is 18.4. The van der Waals surface area contributed by atoms with E-state index in [-0.39, 0.29) is 12.4 Å². The Kier molecular flexibility index (Phi) is 6.57. The van der Waals surface area contributed by atoms with Crippen LogP contribution in [0.2, 0.25) is 0 Å². The van der Waals surface area contributed by atoms with Crippen LogP contribution in [0.5, 0.6) is 5.75 Å². The van der Waals surface area contributed by atoms with Gasteiger partial charge < -0.3 is 19.6 Å². The predicted molar refractivity (Wildman–Crippen MR) is 125 cm³/mol. The summed E-state index contributed by atoms with van der Waals surface area (Å²) in [6.45, 7) is 4.99. The fourth-order valence-corrected chi connectivity index (χ4v) is 3.86. The standard InChI is InChI=1S/C27H27NO4/c1-3-30-26(29)15-23-18(2)6-4-9-25(23)32-17-20-13-22-10-11-31-27(22)24(14-20)21-8-5-7-19(12-21)16-28/h4-14H,3,15-17,28H2,1-2H3. The summed E-state index contributed by atoms with van der Waals surface area (Å²) in [4.78, 5) is 12.1. The van der Waals surface area contributed by atoms with E-state index in [0.29, 0.717) is 25.5 Å². The molecule has 0 bridgehead atoms. The van der Waals surface area contributed by atoms with Crippen LogP contribution in [-0.4, -0.2) is 12.6 Å². The molecule has 1 aromatic heterocycles. The molecule has 0 radical (unpaired) electrons. The van der Waals surface area contributed by atoms with Crippen LogP contribution in [0.1, 0.15) is 29.2 Å². The smallest absolute Gasteiger partial charge is 0.310 e. The number of furan rings is 1. The second-order valence-electron chi connectivity index (χ2n) is 7.71. The normalized spacial score (nSPS) is 11.0. The second kappa shape index (κ2) is 9.71. The molecule has 0 fully saturated rings. The van der Waals surface area contributed by atoms with Crippen LogP contribution in [0.3, 0.4) is 0 Å². The molecule has 4 rings (SSSR count). The van der Waals surface area contributed by atoms with Gasteiger partial charge in [-0.25, -0.2) is 0 Å². The number of hydrogen-bond acceptors (Lipinski definition) is 5. The van der Waals surface area contributed by atoms with Crippen molar-refractivity contribution in [3.8, 4) is 16.9 Å². The highest BCUT2D eigenvalue weighted by Crippen LogP contribution is 2.32. The number of carbonyl (C=O) groups is 1. The van der Waals surface area contributed by atoms with Gasteiger partial charge in [-0.2, -0.15) is 0 Å². The zero-order chi connectivity index (χ0) is 22.5. The number of benzene rings is 3. The minimum absolute atomic E-state index is 0.188. The Hall–Kier alpha value is -3.57. The lowest BCUT2D eigenvalue weighted by atomic mass is 9.99. The van der Waals surface area contributed by atoms with Crippen molar-refractivity contribution in [3.63, 3.8) is 0 Å². The van der Waals surface area contributed by atoms with Gasteiger partial charge in [0.05, 0.1) is 19.3 Å². The van der Waals surface area contributed by atoms with Gasteiger partial charge in [-0.1, -0.05) is 30.3 Å².